The number of benzene rings is 1. The van der Waals surface area contributed by atoms with Crippen LogP contribution in [-0.2, 0) is 10.0 Å². The van der Waals surface area contributed by atoms with Crippen LogP contribution in [-0.4, -0.2) is 25.5 Å². The second kappa shape index (κ2) is 5.68. The number of alkyl halides is 3. The highest BCUT2D eigenvalue weighted by Gasteiger charge is 2.27. The predicted octanol–water partition coefficient (Wildman–Crippen LogP) is 2.78. The van der Waals surface area contributed by atoms with Gasteiger partial charge in [-0.25, -0.2) is 8.42 Å². The summed E-state index contributed by atoms with van der Waals surface area (Å²) in [6.07, 6.45) is -6.01. The summed E-state index contributed by atoms with van der Waals surface area (Å²) >= 11 is 0. The Bertz CT molecular complexity index is 541. The van der Waals surface area contributed by atoms with Gasteiger partial charge in [-0.1, -0.05) is 6.07 Å². The van der Waals surface area contributed by atoms with Crippen LogP contribution in [0.3, 0.4) is 0 Å². The van der Waals surface area contributed by atoms with Gasteiger partial charge in [0.25, 0.3) is 0 Å². The summed E-state index contributed by atoms with van der Waals surface area (Å²) in [6, 6.07) is 4.13. The lowest BCUT2D eigenvalue weighted by molar-refractivity contribution is -0.134. The minimum absolute atomic E-state index is 0.0875. The molecule has 4 nitrogen and oxygen atoms in total. The van der Waals surface area contributed by atoms with E-state index in [1.807, 2.05) is 0 Å². The van der Waals surface area contributed by atoms with Crippen LogP contribution >= 0.6 is 0 Å². The van der Waals surface area contributed by atoms with Crippen molar-refractivity contribution >= 4 is 15.7 Å². The third-order valence-corrected chi connectivity index (χ3v) is 3.73. The van der Waals surface area contributed by atoms with E-state index in [9.17, 15) is 26.7 Å². The molecule has 0 unspecified atom stereocenters. The minimum atomic E-state index is -4.36. The number of rotatable bonds is 5. The molecule has 1 aromatic carbocycles. The van der Waals surface area contributed by atoms with Gasteiger partial charge >= 0.3 is 6.18 Å². The smallest absolute Gasteiger partial charge is 0.389 e. The molecule has 0 atom stereocenters. The zero-order chi connectivity index (χ0) is 14.7. The van der Waals surface area contributed by atoms with E-state index in [0.717, 1.165) is 0 Å². The average molecular weight is 297 g/mol. The topological polar surface area (TPSA) is 66.4 Å². The molecule has 1 rings (SSSR count). The van der Waals surface area contributed by atoms with Gasteiger partial charge in [-0.3, -0.25) is 4.72 Å². The highest BCUT2D eigenvalue weighted by molar-refractivity contribution is 7.92. The lowest BCUT2D eigenvalue weighted by atomic mass is 10.2. The molecule has 0 spiro atoms. The van der Waals surface area contributed by atoms with E-state index in [-0.39, 0.29) is 11.4 Å². The van der Waals surface area contributed by atoms with Crippen molar-refractivity contribution in [1.82, 2.24) is 0 Å². The van der Waals surface area contributed by atoms with Crippen LogP contribution in [0.5, 0.6) is 5.75 Å². The van der Waals surface area contributed by atoms with Crippen molar-refractivity contribution in [2.75, 3.05) is 10.5 Å². The van der Waals surface area contributed by atoms with E-state index in [1.165, 1.54) is 18.2 Å². The van der Waals surface area contributed by atoms with Crippen LogP contribution < -0.4 is 4.72 Å². The fourth-order valence-corrected chi connectivity index (χ4v) is 2.48. The fraction of sp³-hybridized carbons (Fsp3) is 0.455. The largest absolute Gasteiger partial charge is 0.508 e. The van der Waals surface area contributed by atoms with Gasteiger partial charge in [-0.2, -0.15) is 13.2 Å². The summed E-state index contributed by atoms with van der Waals surface area (Å²) < 4.78 is 60.9. The molecular formula is C11H14F3NO3S. The van der Waals surface area contributed by atoms with Gasteiger partial charge in [-0.05, 0) is 25.0 Å². The highest BCUT2D eigenvalue weighted by Crippen LogP contribution is 2.23. The first-order valence-electron chi connectivity index (χ1n) is 5.46. The number of hydrogen-bond acceptors (Lipinski definition) is 3. The Morgan fingerprint density at radius 3 is 2.47 bits per heavy atom. The maximum Gasteiger partial charge on any atom is 0.389 e. The van der Waals surface area contributed by atoms with Crippen molar-refractivity contribution in [1.29, 1.82) is 0 Å². The molecule has 0 fully saturated rings. The Morgan fingerprint density at radius 2 is 1.95 bits per heavy atom. The zero-order valence-electron chi connectivity index (χ0n) is 10.2. The van der Waals surface area contributed by atoms with Gasteiger partial charge < -0.3 is 5.11 Å². The molecule has 0 saturated carbocycles. The number of phenols is 1. The number of hydrogen-bond donors (Lipinski definition) is 2. The fourth-order valence-electron chi connectivity index (χ4n) is 1.37. The standard InChI is InChI=1S/C11H14F3NO3S/c1-8-3-4-9(7-10(8)16)15-19(17,18)6-2-5-11(12,13)14/h3-4,7,15-16H,2,5-6H2,1H3. The van der Waals surface area contributed by atoms with Gasteiger partial charge in [-0.15, -0.1) is 0 Å². The van der Waals surface area contributed by atoms with Crippen LogP contribution in [0, 0.1) is 6.92 Å². The Morgan fingerprint density at radius 1 is 1.32 bits per heavy atom. The van der Waals surface area contributed by atoms with E-state index in [4.69, 9.17) is 0 Å². The predicted molar refractivity (Wildman–Crippen MR) is 65.5 cm³/mol. The summed E-state index contributed by atoms with van der Waals surface area (Å²) in [5.41, 5.74) is 0.690. The molecular weight excluding hydrogens is 283 g/mol. The summed E-state index contributed by atoms with van der Waals surface area (Å²) in [7, 11) is -3.85. The summed E-state index contributed by atoms with van der Waals surface area (Å²) in [5.74, 6) is -0.711. The molecule has 0 saturated heterocycles. The molecule has 0 aromatic heterocycles. The first-order valence-corrected chi connectivity index (χ1v) is 7.11. The van der Waals surface area contributed by atoms with Crippen LogP contribution in [0.1, 0.15) is 18.4 Å². The van der Waals surface area contributed by atoms with Crippen LogP contribution in [0.15, 0.2) is 18.2 Å². The second-order valence-electron chi connectivity index (χ2n) is 4.14. The van der Waals surface area contributed by atoms with Crippen molar-refractivity contribution in [3.8, 4) is 5.75 Å². The van der Waals surface area contributed by atoms with Gasteiger partial charge in [0, 0.05) is 12.5 Å². The molecule has 0 aliphatic rings. The first-order chi connectivity index (χ1) is 8.59. The normalized spacial score (nSPS) is 12.4. The van der Waals surface area contributed by atoms with E-state index >= 15 is 0 Å². The van der Waals surface area contributed by atoms with Crippen molar-refractivity contribution in [3.63, 3.8) is 0 Å². The Balaban J connectivity index is 2.61. The number of aryl methyl sites for hydroxylation is 1. The monoisotopic (exact) mass is 297 g/mol. The van der Waals surface area contributed by atoms with Crippen molar-refractivity contribution in [2.45, 2.75) is 25.9 Å². The summed E-state index contributed by atoms with van der Waals surface area (Å²) in [6.45, 7) is 1.64. The molecule has 0 heterocycles. The summed E-state index contributed by atoms with van der Waals surface area (Å²) in [5, 5.41) is 9.40. The van der Waals surface area contributed by atoms with E-state index in [0.29, 0.717) is 5.56 Å². The van der Waals surface area contributed by atoms with Crippen molar-refractivity contribution in [2.24, 2.45) is 0 Å². The van der Waals surface area contributed by atoms with E-state index in [2.05, 4.69) is 4.72 Å². The molecule has 0 aliphatic carbocycles. The lowest BCUT2D eigenvalue weighted by Gasteiger charge is -2.10. The molecule has 0 amide bonds. The number of aromatic hydroxyl groups is 1. The number of halogens is 3. The number of anilines is 1. The van der Waals surface area contributed by atoms with Gasteiger partial charge in [0.2, 0.25) is 10.0 Å². The zero-order valence-corrected chi connectivity index (χ0v) is 11.0. The molecule has 2 N–H and O–H groups in total. The van der Waals surface area contributed by atoms with Gasteiger partial charge in [0.1, 0.15) is 5.75 Å². The van der Waals surface area contributed by atoms with Crippen molar-refractivity contribution < 1.29 is 26.7 Å². The minimum Gasteiger partial charge on any atom is -0.508 e. The SMILES string of the molecule is Cc1ccc(NS(=O)(=O)CCCC(F)(F)F)cc1O. The lowest BCUT2D eigenvalue weighted by Crippen LogP contribution is -2.18. The average Bonchev–Trinajstić information content (AvgIpc) is 2.20. The Labute approximate surface area is 109 Å². The third-order valence-electron chi connectivity index (χ3n) is 2.36. The van der Waals surface area contributed by atoms with Crippen LogP contribution in [0.4, 0.5) is 18.9 Å². The molecule has 1 aromatic rings. The van der Waals surface area contributed by atoms with Crippen molar-refractivity contribution in [3.05, 3.63) is 23.8 Å². The molecule has 0 radical (unpaired) electrons. The first kappa shape index (κ1) is 15.6. The summed E-state index contributed by atoms with van der Waals surface area (Å²) in [4.78, 5) is 0. The molecule has 108 valence electrons. The maximum atomic E-state index is 11.9. The molecule has 19 heavy (non-hydrogen) atoms. The van der Waals surface area contributed by atoms with Gasteiger partial charge in [0.05, 0.1) is 11.4 Å². The van der Waals surface area contributed by atoms with Crippen LogP contribution in [0.2, 0.25) is 0 Å². The third kappa shape index (κ3) is 5.82. The molecule has 0 aliphatic heterocycles. The van der Waals surface area contributed by atoms with Gasteiger partial charge in [0.15, 0.2) is 0 Å². The van der Waals surface area contributed by atoms with E-state index in [1.54, 1.807) is 6.92 Å². The number of sulfonamides is 1. The Hall–Kier alpha value is -1.44. The van der Waals surface area contributed by atoms with Crippen LogP contribution in [0.25, 0.3) is 0 Å². The maximum absolute atomic E-state index is 11.9. The highest BCUT2D eigenvalue weighted by atomic mass is 32.2. The Kier molecular flexibility index (Phi) is 4.67. The quantitative estimate of drug-likeness (QED) is 0.878. The number of phenolic OH excluding ortho intramolecular Hbond substituents is 1. The molecule has 8 heteroatoms. The second-order valence-corrected chi connectivity index (χ2v) is 5.98. The number of nitrogens with one attached hydrogen (secondary N) is 1. The van der Waals surface area contributed by atoms with E-state index < -0.39 is 34.8 Å². The molecule has 0 bridgehead atoms.